The van der Waals surface area contributed by atoms with E-state index in [0.29, 0.717) is 16.3 Å². The van der Waals surface area contributed by atoms with E-state index in [9.17, 15) is 20.1 Å². The molecular formula is C21H17N5O2S. The molecule has 2 aliphatic rings. The average Bonchev–Trinajstić information content (AvgIpc) is 3.49. The number of thioether (sulfide) groups is 1. The third kappa shape index (κ3) is 3.22. The van der Waals surface area contributed by atoms with Gasteiger partial charge < -0.3 is 5.73 Å². The highest BCUT2D eigenvalue weighted by Gasteiger charge is 2.42. The number of hydrogen-bond donors (Lipinski definition) is 1. The number of benzene rings is 1. The van der Waals surface area contributed by atoms with E-state index in [1.54, 1.807) is 12.1 Å². The summed E-state index contributed by atoms with van der Waals surface area (Å²) in [5.41, 5.74) is 8.52. The summed E-state index contributed by atoms with van der Waals surface area (Å²) in [5.74, 6) is -0.447. The molecule has 2 N–H and O–H groups in total. The lowest BCUT2D eigenvalue weighted by Crippen LogP contribution is -2.31. The summed E-state index contributed by atoms with van der Waals surface area (Å²) in [6, 6.07) is 11.4. The van der Waals surface area contributed by atoms with Crippen molar-refractivity contribution < 1.29 is 9.59 Å². The first-order valence-corrected chi connectivity index (χ1v) is 10.1. The molecule has 7 nitrogen and oxygen atoms in total. The van der Waals surface area contributed by atoms with Gasteiger partial charge in [-0.1, -0.05) is 30.0 Å². The zero-order valence-electron chi connectivity index (χ0n) is 15.7. The molecule has 1 aromatic carbocycles. The van der Waals surface area contributed by atoms with Crippen molar-refractivity contribution in [1.82, 2.24) is 4.98 Å². The average molecular weight is 403 g/mol. The van der Waals surface area contributed by atoms with Crippen LogP contribution in [0.3, 0.4) is 0 Å². The molecule has 1 saturated carbocycles. The van der Waals surface area contributed by atoms with Crippen LogP contribution in [-0.2, 0) is 9.59 Å². The van der Waals surface area contributed by atoms with Gasteiger partial charge in [0, 0.05) is 6.42 Å². The first-order chi connectivity index (χ1) is 14.0. The summed E-state index contributed by atoms with van der Waals surface area (Å²) in [6.07, 6.45) is 1.79. The number of aromatic nitrogens is 1. The number of para-hydroxylation sites is 1. The van der Waals surface area contributed by atoms with E-state index in [1.807, 2.05) is 19.1 Å². The van der Waals surface area contributed by atoms with Crippen LogP contribution in [0.4, 0.5) is 11.5 Å². The predicted octanol–water partition coefficient (Wildman–Crippen LogP) is 3.02. The van der Waals surface area contributed by atoms with Crippen LogP contribution in [0.15, 0.2) is 29.3 Å². The van der Waals surface area contributed by atoms with Gasteiger partial charge in [-0.2, -0.15) is 10.5 Å². The van der Waals surface area contributed by atoms with Gasteiger partial charge >= 0.3 is 0 Å². The van der Waals surface area contributed by atoms with Crippen molar-refractivity contribution in [2.24, 2.45) is 0 Å². The van der Waals surface area contributed by atoms with Gasteiger partial charge in [-0.15, -0.1) is 0 Å². The van der Waals surface area contributed by atoms with Crippen molar-refractivity contribution in [3.05, 3.63) is 46.5 Å². The van der Waals surface area contributed by atoms with Crippen LogP contribution in [0.25, 0.3) is 0 Å². The van der Waals surface area contributed by atoms with Crippen molar-refractivity contribution >= 4 is 35.1 Å². The Balaban J connectivity index is 1.70. The first kappa shape index (κ1) is 19.0. The van der Waals surface area contributed by atoms with Crippen LogP contribution in [0, 0.1) is 29.6 Å². The van der Waals surface area contributed by atoms with Gasteiger partial charge in [0.15, 0.2) is 0 Å². The number of rotatable bonds is 4. The maximum Gasteiger partial charge on any atom is 0.247 e. The van der Waals surface area contributed by atoms with Gasteiger partial charge in [0.05, 0.1) is 22.1 Å². The van der Waals surface area contributed by atoms with Gasteiger partial charge in [0.2, 0.25) is 11.8 Å². The summed E-state index contributed by atoms with van der Waals surface area (Å²) >= 11 is 1.08. The lowest BCUT2D eigenvalue weighted by Gasteiger charge is -2.17. The second-order valence-corrected chi connectivity index (χ2v) is 8.32. The molecule has 1 aromatic heterocycles. The molecule has 0 spiro atoms. The van der Waals surface area contributed by atoms with Crippen molar-refractivity contribution in [3.63, 3.8) is 0 Å². The lowest BCUT2D eigenvalue weighted by atomic mass is 10.0. The predicted molar refractivity (Wildman–Crippen MR) is 108 cm³/mol. The van der Waals surface area contributed by atoms with E-state index in [1.165, 1.54) is 4.90 Å². The lowest BCUT2D eigenvalue weighted by molar-refractivity contribution is -0.121. The Morgan fingerprint density at radius 3 is 2.48 bits per heavy atom. The normalized spacial score (nSPS) is 18.6. The highest BCUT2D eigenvalue weighted by Crippen LogP contribution is 2.47. The molecule has 0 unspecified atom stereocenters. The number of aryl methyl sites for hydroxylation is 1. The Morgan fingerprint density at radius 1 is 1.17 bits per heavy atom. The van der Waals surface area contributed by atoms with Crippen molar-refractivity contribution in [2.75, 3.05) is 10.6 Å². The molecule has 8 heteroatoms. The summed E-state index contributed by atoms with van der Waals surface area (Å²) in [6.45, 7) is 1.84. The molecule has 2 heterocycles. The van der Waals surface area contributed by atoms with E-state index < -0.39 is 5.25 Å². The Bertz CT molecular complexity index is 1130. The van der Waals surface area contributed by atoms with E-state index in [2.05, 4.69) is 17.1 Å². The Hall–Kier alpha value is -3.36. The molecule has 0 bridgehead atoms. The molecule has 1 saturated heterocycles. The van der Waals surface area contributed by atoms with Crippen LogP contribution in [0.1, 0.15) is 47.4 Å². The number of nitrogens with two attached hydrogens (primary N) is 1. The summed E-state index contributed by atoms with van der Waals surface area (Å²) in [7, 11) is 0. The molecule has 2 fully saturated rings. The van der Waals surface area contributed by atoms with Gasteiger partial charge in [-0.3, -0.25) is 9.59 Å². The fourth-order valence-electron chi connectivity index (χ4n) is 3.59. The van der Waals surface area contributed by atoms with Crippen LogP contribution in [-0.4, -0.2) is 22.0 Å². The summed E-state index contributed by atoms with van der Waals surface area (Å²) in [5, 5.41) is 18.8. The number of hydrogen-bond acceptors (Lipinski definition) is 7. The zero-order valence-corrected chi connectivity index (χ0v) is 16.5. The molecule has 144 valence electrons. The largest absolute Gasteiger partial charge is 0.383 e. The molecule has 2 amide bonds. The highest BCUT2D eigenvalue weighted by molar-refractivity contribution is 8.00. The molecular weight excluding hydrogens is 386 g/mol. The Labute approximate surface area is 172 Å². The molecule has 4 rings (SSSR count). The molecule has 1 aliphatic carbocycles. The fourth-order valence-corrected chi connectivity index (χ4v) is 4.71. The van der Waals surface area contributed by atoms with E-state index in [-0.39, 0.29) is 41.1 Å². The van der Waals surface area contributed by atoms with Crippen LogP contribution in [0.2, 0.25) is 0 Å². The smallest absolute Gasteiger partial charge is 0.247 e. The quantitative estimate of drug-likeness (QED) is 0.778. The number of nitrogens with zero attached hydrogens (tertiary/aromatic N) is 4. The maximum absolute atomic E-state index is 13.0. The second kappa shape index (κ2) is 7.23. The number of anilines is 2. The van der Waals surface area contributed by atoms with Crippen LogP contribution >= 0.6 is 11.8 Å². The molecule has 1 aliphatic heterocycles. The van der Waals surface area contributed by atoms with Crippen LogP contribution < -0.4 is 10.6 Å². The number of amides is 2. The van der Waals surface area contributed by atoms with E-state index in [4.69, 9.17) is 5.73 Å². The Morgan fingerprint density at radius 2 is 1.86 bits per heavy atom. The van der Waals surface area contributed by atoms with E-state index in [0.717, 1.165) is 30.2 Å². The molecule has 29 heavy (non-hydrogen) atoms. The minimum absolute atomic E-state index is 0.0169. The van der Waals surface area contributed by atoms with Crippen molar-refractivity contribution in [1.29, 1.82) is 10.5 Å². The summed E-state index contributed by atoms with van der Waals surface area (Å²) < 4.78 is 0. The number of pyridine rings is 1. The second-order valence-electron chi connectivity index (χ2n) is 7.13. The van der Waals surface area contributed by atoms with E-state index >= 15 is 0 Å². The van der Waals surface area contributed by atoms with Crippen molar-refractivity contribution in [2.45, 2.75) is 42.4 Å². The third-order valence-corrected chi connectivity index (χ3v) is 6.33. The molecule has 1 atom stereocenters. The highest BCUT2D eigenvalue weighted by atomic mass is 32.2. The number of nitriles is 2. The van der Waals surface area contributed by atoms with Gasteiger partial charge in [-0.25, -0.2) is 9.88 Å². The third-order valence-electron chi connectivity index (χ3n) is 5.16. The maximum atomic E-state index is 13.0. The number of imide groups is 1. The van der Waals surface area contributed by atoms with Gasteiger partial charge in [0.1, 0.15) is 23.0 Å². The topological polar surface area (TPSA) is 124 Å². The van der Waals surface area contributed by atoms with Gasteiger partial charge in [0.25, 0.3) is 0 Å². The SMILES string of the molecule is Cc1ccccc1N1C(=O)C[C@@H](Sc2nc(N)c(C#N)c(C3CC3)c2C#N)C1=O. The number of carbonyl (C=O) groups excluding carboxylic acids is 2. The molecule has 2 aromatic rings. The zero-order chi connectivity index (χ0) is 20.7. The van der Waals surface area contributed by atoms with Crippen molar-refractivity contribution in [3.8, 4) is 12.1 Å². The Kier molecular flexibility index (Phi) is 4.73. The van der Waals surface area contributed by atoms with Gasteiger partial charge in [-0.05, 0) is 42.9 Å². The number of nitrogen functional groups attached to an aromatic ring is 1. The minimum atomic E-state index is -0.693. The number of carbonyl (C=O) groups is 2. The monoisotopic (exact) mass is 403 g/mol. The van der Waals surface area contributed by atoms with Crippen LogP contribution in [0.5, 0.6) is 0 Å². The summed E-state index contributed by atoms with van der Waals surface area (Å²) in [4.78, 5) is 31.0. The minimum Gasteiger partial charge on any atom is -0.383 e. The molecule has 0 radical (unpaired) electrons. The first-order valence-electron chi connectivity index (χ1n) is 9.18. The standard InChI is InChI=1S/C21H17N5O2S/c1-11-4-2-3-5-15(11)26-17(27)8-16(21(26)28)29-20-14(10-23)18(12-6-7-12)13(9-22)19(24)25-20/h2-5,12,16H,6-8H2,1H3,(H2,24,25)/t16-/m1/s1. The fraction of sp³-hybridized carbons (Fsp3) is 0.286.